The lowest BCUT2D eigenvalue weighted by molar-refractivity contribution is -0.113. The Bertz CT molecular complexity index is 190. The van der Waals surface area contributed by atoms with Crippen LogP contribution in [0.25, 0.3) is 0 Å². The average molecular weight is 181 g/mol. The zero-order valence-corrected chi connectivity index (χ0v) is 8.38. The highest BCUT2D eigenvalue weighted by atomic mass is 16.1. The lowest BCUT2D eigenvalue weighted by atomic mass is 10.1. The standard InChI is InChI=1S/C11H19NO/c1-2-3-4-5-6-7-8-9-10-11(12)13/h8,10H,2-7H2,1H3,(H2,12,13). The predicted molar refractivity (Wildman–Crippen MR) is 55.2 cm³/mol. The smallest absolute Gasteiger partial charge is 0.249 e. The molecule has 2 nitrogen and oxygen atoms in total. The van der Waals surface area contributed by atoms with Gasteiger partial charge in [0.05, 0.1) is 0 Å². The minimum absolute atomic E-state index is 0.428. The first-order chi connectivity index (χ1) is 6.27. The summed E-state index contributed by atoms with van der Waals surface area (Å²) in [6.45, 7) is 2.20. The molecule has 0 unspecified atom stereocenters. The zero-order chi connectivity index (χ0) is 9.94. The maximum atomic E-state index is 10.3. The summed E-state index contributed by atoms with van der Waals surface area (Å²) in [5, 5.41) is 0. The fourth-order valence-electron chi connectivity index (χ4n) is 1.07. The maximum absolute atomic E-state index is 10.3. The van der Waals surface area contributed by atoms with Gasteiger partial charge in [-0.3, -0.25) is 4.79 Å². The Morgan fingerprint density at radius 2 is 2.00 bits per heavy atom. The second kappa shape index (κ2) is 9.08. The van der Waals surface area contributed by atoms with Crippen molar-refractivity contribution < 1.29 is 4.79 Å². The molecule has 0 aromatic carbocycles. The Morgan fingerprint density at radius 3 is 2.62 bits per heavy atom. The Morgan fingerprint density at radius 1 is 1.31 bits per heavy atom. The second-order valence-electron chi connectivity index (χ2n) is 3.12. The van der Waals surface area contributed by atoms with Crippen LogP contribution in [0.3, 0.4) is 0 Å². The van der Waals surface area contributed by atoms with Crippen LogP contribution in [0.4, 0.5) is 0 Å². The van der Waals surface area contributed by atoms with Crippen molar-refractivity contribution in [3.05, 3.63) is 17.9 Å². The molecule has 0 atom stereocenters. The number of carbonyl (C=O) groups is 1. The predicted octanol–water partition coefficient (Wildman–Crippen LogP) is 2.54. The summed E-state index contributed by atoms with van der Waals surface area (Å²) in [7, 11) is 0. The minimum Gasteiger partial charge on any atom is -0.366 e. The molecule has 0 spiro atoms. The molecule has 0 rings (SSSR count). The van der Waals surface area contributed by atoms with Crippen LogP contribution in [-0.2, 0) is 4.79 Å². The molecular weight excluding hydrogens is 162 g/mol. The van der Waals surface area contributed by atoms with E-state index in [0.29, 0.717) is 0 Å². The first kappa shape index (κ1) is 12.0. The van der Waals surface area contributed by atoms with Gasteiger partial charge in [-0.05, 0) is 18.9 Å². The summed E-state index contributed by atoms with van der Waals surface area (Å²) in [6.07, 6.45) is 10.5. The van der Waals surface area contributed by atoms with Crippen molar-refractivity contribution in [1.29, 1.82) is 0 Å². The van der Waals surface area contributed by atoms with Crippen LogP contribution in [0.1, 0.15) is 45.4 Å². The topological polar surface area (TPSA) is 43.1 Å². The molecule has 2 N–H and O–H groups in total. The summed E-state index contributed by atoms with van der Waals surface area (Å²) >= 11 is 0. The molecule has 0 aromatic heterocycles. The highest BCUT2D eigenvalue weighted by molar-refractivity contribution is 5.85. The number of nitrogens with two attached hydrogens (primary N) is 1. The van der Waals surface area contributed by atoms with Crippen molar-refractivity contribution in [2.45, 2.75) is 45.4 Å². The Balaban J connectivity index is 3.25. The number of hydrogen-bond donors (Lipinski definition) is 1. The van der Waals surface area contributed by atoms with Crippen molar-refractivity contribution in [3.8, 4) is 0 Å². The van der Waals surface area contributed by atoms with E-state index in [-0.39, 0.29) is 0 Å². The van der Waals surface area contributed by atoms with Crippen LogP contribution in [-0.4, -0.2) is 5.91 Å². The van der Waals surface area contributed by atoms with E-state index >= 15 is 0 Å². The largest absolute Gasteiger partial charge is 0.366 e. The van der Waals surface area contributed by atoms with Crippen LogP contribution in [0, 0.1) is 0 Å². The first-order valence-electron chi connectivity index (χ1n) is 4.97. The lowest BCUT2D eigenvalue weighted by Gasteiger charge is -1.94. The van der Waals surface area contributed by atoms with Gasteiger partial charge in [0.2, 0.25) is 5.91 Å². The fraction of sp³-hybridized carbons (Fsp3) is 0.636. The van der Waals surface area contributed by atoms with Gasteiger partial charge in [0.1, 0.15) is 0 Å². The zero-order valence-electron chi connectivity index (χ0n) is 8.38. The molecule has 0 fully saturated rings. The Labute approximate surface area is 80.5 Å². The molecule has 0 aliphatic rings. The van der Waals surface area contributed by atoms with Gasteiger partial charge in [-0.1, -0.05) is 32.6 Å². The van der Waals surface area contributed by atoms with Gasteiger partial charge >= 0.3 is 0 Å². The van der Waals surface area contributed by atoms with Crippen LogP contribution in [0.2, 0.25) is 0 Å². The third kappa shape index (κ3) is 11.0. The summed E-state index contributed by atoms with van der Waals surface area (Å²) in [5.41, 5.74) is 7.65. The normalized spacial score (nSPS) is 9.00. The highest BCUT2D eigenvalue weighted by Gasteiger charge is 1.85. The Hall–Kier alpha value is -1.01. The van der Waals surface area contributed by atoms with Gasteiger partial charge in [-0.2, -0.15) is 0 Å². The minimum atomic E-state index is -0.428. The summed E-state index contributed by atoms with van der Waals surface area (Å²) in [5.74, 6) is -0.428. The van der Waals surface area contributed by atoms with Crippen LogP contribution in [0.15, 0.2) is 17.9 Å². The second-order valence-corrected chi connectivity index (χ2v) is 3.12. The molecule has 0 radical (unpaired) electrons. The van der Waals surface area contributed by atoms with Gasteiger partial charge < -0.3 is 5.73 Å². The van der Waals surface area contributed by atoms with Crippen molar-refractivity contribution >= 4 is 5.91 Å². The third-order valence-corrected chi connectivity index (χ3v) is 1.80. The summed E-state index contributed by atoms with van der Waals surface area (Å²) < 4.78 is 0. The van der Waals surface area contributed by atoms with Crippen molar-refractivity contribution in [2.24, 2.45) is 5.73 Å². The first-order valence-corrected chi connectivity index (χ1v) is 4.97. The number of amides is 1. The van der Waals surface area contributed by atoms with Crippen molar-refractivity contribution in [3.63, 3.8) is 0 Å². The van der Waals surface area contributed by atoms with E-state index in [0.717, 1.165) is 6.42 Å². The maximum Gasteiger partial charge on any atom is 0.249 e. The Kier molecular flexibility index (Phi) is 8.38. The molecular formula is C11H19NO. The fourth-order valence-corrected chi connectivity index (χ4v) is 1.07. The number of rotatable bonds is 7. The van der Waals surface area contributed by atoms with Gasteiger partial charge in [0.15, 0.2) is 0 Å². The highest BCUT2D eigenvalue weighted by Crippen LogP contribution is 2.04. The summed E-state index contributed by atoms with van der Waals surface area (Å²) in [6, 6.07) is 0. The average Bonchev–Trinajstić information content (AvgIpc) is 2.09. The van der Waals surface area contributed by atoms with Crippen LogP contribution in [0.5, 0.6) is 0 Å². The van der Waals surface area contributed by atoms with E-state index in [2.05, 4.69) is 12.7 Å². The van der Waals surface area contributed by atoms with E-state index in [4.69, 9.17) is 5.73 Å². The molecule has 2 heteroatoms. The van der Waals surface area contributed by atoms with Crippen LogP contribution < -0.4 is 5.73 Å². The van der Waals surface area contributed by atoms with Gasteiger partial charge in [-0.25, -0.2) is 0 Å². The van der Waals surface area contributed by atoms with Crippen LogP contribution >= 0.6 is 0 Å². The molecule has 0 saturated heterocycles. The number of unbranched alkanes of at least 4 members (excludes halogenated alkanes) is 5. The summed E-state index contributed by atoms with van der Waals surface area (Å²) in [4.78, 5) is 10.3. The molecule has 74 valence electrons. The SMILES string of the molecule is CCCCCCCC=C=CC(N)=O. The lowest BCUT2D eigenvalue weighted by Crippen LogP contribution is -2.04. The third-order valence-electron chi connectivity index (χ3n) is 1.80. The number of hydrogen-bond acceptors (Lipinski definition) is 1. The number of primary amides is 1. The molecule has 0 saturated carbocycles. The molecule has 0 heterocycles. The molecule has 13 heavy (non-hydrogen) atoms. The van der Waals surface area contributed by atoms with E-state index < -0.39 is 5.91 Å². The van der Waals surface area contributed by atoms with E-state index in [1.54, 1.807) is 0 Å². The molecule has 0 aliphatic heterocycles. The van der Waals surface area contributed by atoms with Gasteiger partial charge in [0.25, 0.3) is 0 Å². The van der Waals surface area contributed by atoms with E-state index in [9.17, 15) is 4.79 Å². The number of carbonyl (C=O) groups excluding carboxylic acids is 1. The molecule has 1 amide bonds. The van der Waals surface area contributed by atoms with E-state index in [1.165, 1.54) is 38.2 Å². The van der Waals surface area contributed by atoms with Crippen molar-refractivity contribution in [2.75, 3.05) is 0 Å². The molecule has 0 bridgehead atoms. The van der Waals surface area contributed by atoms with E-state index in [1.807, 2.05) is 6.08 Å². The molecule has 0 aromatic rings. The molecule has 0 aliphatic carbocycles. The monoisotopic (exact) mass is 181 g/mol. The van der Waals surface area contributed by atoms with Gasteiger partial charge in [0, 0.05) is 6.08 Å². The quantitative estimate of drug-likeness (QED) is 0.366. The van der Waals surface area contributed by atoms with Crippen molar-refractivity contribution in [1.82, 2.24) is 0 Å². The van der Waals surface area contributed by atoms with Gasteiger partial charge in [-0.15, -0.1) is 5.73 Å².